The molecule has 0 aliphatic carbocycles. The molecule has 2 aliphatic rings. The van der Waals surface area contributed by atoms with E-state index in [1.165, 1.54) is 16.7 Å². The van der Waals surface area contributed by atoms with E-state index in [2.05, 4.69) is 15.9 Å². The highest BCUT2D eigenvalue weighted by molar-refractivity contribution is 9.10. The number of nitrogens with zero attached hydrogens (tertiary/aromatic N) is 1. The summed E-state index contributed by atoms with van der Waals surface area (Å²) in [5, 5.41) is 1.65. The zero-order chi connectivity index (χ0) is 15.0. The van der Waals surface area contributed by atoms with Crippen LogP contribution < -0.4 is 4.74 Å². The van der Waals surface area contributed by atoms with Gasteiger partial charge < -0.3 is 9.47 Å². The van der Waals surface area contributed by atoms with E-state index in [0.717, 1.165) is 11.3 Å². The summed E-state index contributed by atoms with van der Waals surface area (Å²) in [6, 6.07) is 7.27. The van der Waals surface area contributed by atoms with E-state index < -0.39 is 5.97 Å². The molecule has 7 heteroatoms. The molecule has 0 spiro atoms. The van der Waals surface area contributed by atoms with Crippen molar-refractivity contribution in [3.8, 4) is 5.75 Å². The average molecular weight is 370 g/mol. The second-order valence-corrected chi connectivity index (χ2v) is 6.54. The molecule has 3 rings (SSSR count). The molecule has 0 radical (unpaired) electrons. The smallest absolute Gasteiger partial charge is 0.355 e. The second kappa shape index (κ2) is 5.73. The first-order valence-corrected chi connectivity index (χ1v) is 8.10. The van der Waals surface area contributed by atoms with Gasteiger partial charge in [-0.15, -0.1) is 11.8 Å². The van der Waals surface area contributed by atoms with Crippen molar-refractivity contribution in [1.82, 2.24) is 4.90 Å². The molecule has 21 heavy (non-hydrogen) atoms. The van der Waals surface area contributed by atoms with Crippen LogP contribution in [0.15, 0.2) is 35.4 Å². The van der Waals surface area contributed by atoms with Crippen molar-refractivity contribution in [2.75, 3.05) is 7.11 Å². The lowest BCUT2D eigenvalue weighted by molar-refractivity contribution is -0.148. The van der Waals surface area contributed by atoms with Crippen molar-refractivity contribution in [3.63, 3.8) is 0 Å². The summed E-state index contributed by atoms with van der Waals surface area (Å²) < 4.78 is 10.3. The first-order chi connectivity index (χ1) is 10.1. The maximum Gasteiger partial charge on any atom is 0.355 e. The predicted octanol–water partition coefficient (Wildman–Crippen LogP) is 2.26. The fourth-order valence-corrected chi connectivity index (χ4v) is 4.00. The maximum atomic E-state index is 12.0. The maximum absolute atomic E-state index is 12.0. The summed E-state index contributed by atoms with van der Waals surface area (Å²) in [6.45, 7) is 0.162. The molecule has 1 fully saturated rings. The molecule has 0 aromatic heterocycles. The lowest BCUT2D eigenvalue weighted by Gasteiger charge is -2.39. The number of fused-ring (bicyclic) bond motifs is 1. The Kier molecular flexibility index (Phi) is 3.95. The number of hydrogen-bond acceptors (Lipinski definition) is 5. The second-order valence-electron chi connectivity index (χ2n) is 4.56. The third kappa shape index (κ3) is 2.55. The summed E-state index contributed by atoms with van der Waals surface area (Å²) in [4.78, 5) is 25.0. The van der Waals surface area contributed by atoms with Gasteiger partial charge in [0, 0.05) is 5.41 Å². The Morgan fingerprint density at radius 3 is 2.76 bits per heavy atom. The predicted molar refractivity (Wildman–Crippen MR) is 81.8 cm³/mol. The number of amides is 1. The summed E-state index contributed by atoms with van der Waals surface area (Å²) >= 11 is 4.73. The number of hydrogen-bond donors (Lipinski definition) is 0. The molecule has 0 N–H and O–H groups in total. The van der Waals surface area contributed by atoms with E-state index >= 15 is 0 Å². The van der Waals surface area contributed by atoms with Gasteiger partial charge in [-0.2, -0.15) is 0 Å². The van der Waals surface area contributed by atoms with Gasteiger partial charge in [0.2, 0.25) is 5.91 Å². The highest BCUT2D eigenvalue weighted by atomic mass is 79.9. The number of ether oxygens (including phenoxy) is 2. The lowest BCUT2D eigenvalue weighted by atomic mass is 10.2. The van der Waals surface area contributed by atoms with Crippen LogP contribution in [0, 0.1) is 0 Å². The van der Waals surface area contributed by atoms with Crippen LogP contribution in [-0.4, -0.2) is 34.1 Å². The van der Waals surface area contributed by atoms with Crippen molar-refractivity contribution in [2.24, 2.45) is 0 Å². The quantitative estimate of drug-likeness (QED) is 0.462. The zero-order valence-corrected chi connectivity index (χ0v) is 13.5. The summed E-state index contributed by atoms with van der Waals surface area (Å²) in [7, 11) is 1.59. The van der Waals surface area contributed by atoms with Gasteiger partial charge in [0.25, 0.3) is 0 Å². The van der Waals surface area contributed by atoms with Gasteiger partial charge in [0.15, 0.2) is 0 Å². The van der Waals surface area contributed by atoms with Crippen LogP contribution in [0.25, 0.3) is 0 Å². The van der Waals surface area contributed by atoms with Crippen LogP contribution in [0.2, 0.25) is 0 Å². The summed E-state index contributed by atoms with van der Waals surface area (Å²) in [6.07, 6.45) is 0. The monoisotopic (exact) mass is 369 g/mol. The number of methoxy groups -OCH3 is 1. The van der Waals surface area contributed by atoms with Gasteiger partial charge in [-0.1, -0.05) is 28.1 Å². The van der Waals surface area contributed by atoms with Crippen LogP contribution in [-0.2, 0) is 20.9 Å². The third-order valence-corrected chi connectivity index (χ3v) is 5.66. The Morgan fingerprint density at radius 1 is 1.38 bits per heavy atom. The van der Waals surface area contributed by atoms with Crippen molar-refractivity contribution in [2.45, 2.75) is 16.8 Å². The summed E-state index contributed by atoms with van der Waals surface area (Å²) in [5.74, 6) is 0.170. The first kappa shape index (κ1) is 14.5. The van der Waals surface area contributed by atoms with E-state index in [-0.39, 0.29) is 22.7 Å². The number of halogens is 1. The summed E-state index contributed by atoms with van der Waals surface area (Å²) in [5.41, 5.74) is 1.18. The molecule has 1 aromatic carbocycles. The number of thioether (sulfide) groups is 1. The minimum atomic E-state index is -0.478. The Hall–Kier alpha value is -1.47. The molecule has 0 saturated carbocycles. The molecule has 0 bridgehead atoms. The molecule has 2 aliphatic heterocycles. The molecule has 2 atom stereocenters. The van der Waals surface area contributed by atoms with E-state index in [4.69, 9.17) is 9.47 Å². The minimum absolute atomic E-state index is 0.0268. The zero-order valence-electron chi connectivity index (χ0n) is 11.1. The van der Waals surface area contributed by atoms with E-state index in [9.17, 15) is 9.59 Å². The Morgan fingerprint density at radius 2 is 2.10 bits per heavy atom. The van der Waals surface area contributed by atoms with Crippen LogP contribution in [0.5, 0.6) is 5.75 Å². The Bertz CT molecular complexity index is 616. The van der Waals surface area contributed by atoms with Crippen LogP contribution in [0.4, 0.5) is 0 Å². The third-order valence-electron chi connectivity index (χ3n) is 3.29. The van der Waals surface area contributed by atoms with Crippen LogP contribution in [0.3, 0.4) is 0 Å². The van der Waals surface area contributed by atoms with Gasteiger partial charge in [0.1, 0.15) is 28.3 Å². The van der Waals surface area contributed by atoms with Crippen molar-refractivity contribution in [3.05, 3.63) is 40.9 Å². The number of rotatable bonds is 4. The van der Waals surface area contributed by atoms with Crippen LogP contribution in [0.1, 0.15) is 5.56 Å². The van der Waals surface area contributed by atoms with E-state index in [0.29, 0.717) is 5.70 Å². The fraction of sp³-hybridized carbons (Fsp3) is 0.286. The highest BCUT2D eigenvalue weighted by Gasteiger charge is 2.52. The van der Waals surface area contributed by atoms with Crippen molar-refractivity contribution >= 4 is 39.6 Å². The van der Waals surface area contributed by atoms with Gasteiger partial charge in [-0.25, -0.2) is 4.79 Å². The number of carbonyl (C=O) groups excluding carboxylic acids is 2. The molecule has 2 heterocycles. The number of β-lactam (4-membered cyclic amide) rings is 1. The highest BCUT2D eigenvalue weighted by Crippen LogP contribution is 2.44. The van der Waals surface area contributed by atoms with Crippen molar-refractivity contribution in [1.29, 1.82) is 0 Å². The van der Waals surface area contributed by atoms with Gasteiger partial charge >= 0.3 is 5.97 Å². The number of alkyl halides is 1. The number of carbonyl (C=O) groups is 2. The Labute approximate surface area is 134 Å². The van der Waals surface area contributed by atoms with Gasteiger partial charge in [-0.05, 0) is 17.7 Å². The molecule has 1 aromatic rings. The van der Waals surface area contributed by atoms with Gasteiger partial charge in [-0.3, -0.25) is 9.69 Å². The molecular weight excluding hydrogens is 358 g/mol. The topological polar surface area (TPSA) is 55.8 Å². The Balaban J connectivity index is 1.58. The van der Waals surface area contributed by atoms with Crippen LogP contribution >= 0.6 is 27.7 Å². The normalized spacial score (nSPS) is 23.2. The van der Waals surface area contributed by atoms with E-state index in [1.807, 2.05) is 12.1 Å². The standard InChI is InChI=1S/C14H12BrNO4S/c1-19-9-4-2-8(3-5-9)6-20-14(18)10-7-21-13-11(15)12(17)16(10)13/h2-5,7,11,13H,6H2,1H3. The number of benzene rings is 1. The average Bonchev–Trinajstić information content (AvgIpc) is 2.93. The minimum Gasteiger partial charge on any atom is -0.497 e. The SMILES string of the molecule is COc1ccc(COC(=O)C2=CSC3C(Br)C(=O)N23)cc1. The lowest BCUT2D eigenvalue weighted by Crippen LogP contribution is -2.58. The van der Waals surface area contributed by atoms with Crippen molar-refractivity contribution < 1.29 is 19.1 Å². The van der Waals surface area contributed by atoms with E-state index in [1.54, 1.807) is 24.7 Å². The van der Waals surface area contributed by atoms with Gasteiger partial charge in [0.05, 0.1) is 7.11 Å². The molecule has 2 unspecified atom stereocenters. The fourth-order valence-electron chi connectivity index (χ4n) is 2.10. The largest absolute Gasteiger partial charge is 0.497 e. The molecule has 5 nitrogen and oxygen atoms in total. The molecule has 1 amide bonds. The number of esters is 1. The molecule has 1 saturated heterocycles. The molecule has 110 valence electrons. The first-order valence-electron chi connectivity index (χ1n) is 6.24. The molecular formula is C14H12BrNO4S.